The molecule has 36 heavy (non-hydrogen) atoms. The third-order valence-electron chi connectivity index (χ3n) is 6.18. The zero-order valence-electron chi connectivity index (χ0n) is 21.6. The Morgan fingerprint density at radius 3 is 2.61 bits per heavy atom. The Balaban J connectivity index is 1.97. The molecule has 0 saturated heterocycles. The van der Waals surface area contributed by atoms with Gasteiger partial charge in [-0.15, -0.1) is 0 Å². The van der Waals surface area contributed by atoms with E-state index in [1.807, 2.05) is 37.9 Å². The van der Waals surface area contributed by atoms with E-state index in [0.29, 0.717) is 30.8 Å². The summed E-state index contributed by atoms with van der Waals surface area (Å²) in [6.07, 6.45) is -0.380. The van der Waals surface area contributed by atoms with E-state index in [4.69, 9.17) is 4.74 Å². The van der Waals surface area contributed by atoms with E-state index in [9.17, 15) is 17.9 Å². The summed E-state index contributed by atoms with van der Waals surface area (Å²) in [5, 5.41) is 9.80. The summed E-state index contributed by atoms with van der Waals surface area (Å²) >= 11 is 0. The molecule has 2 aromatic rings. The molecule has 1 N–H and O–H groups in total. The topological polar surface area (TPSA) is 73.3 Å². The number of sulfonamides is 1. The van der Waals surface area contributed by atoms with Crippen molar-refractivity contribution in [3.8, 4) is 17.6 Å². The van der Waals surface area contributed by atoms with Crippen LogP contribution in [0.25, 0.3) is 0 Å². The number of hydrogen-bond donors (Lipinski definition) is 1. The summed E-state index contributed by atoms with van der Waals surface area (Å²) in [5.41, 5.74) is 1.23. The summed E-state index contributed by atoms with van der Waals surface area (Å²) in [6.45, 7) is 4.91. The van der Waals surface area contributed by atoms with E-state index in [-0.39, 0.29) is 41.6 Å². The lowest BCUT2D eigenvalue weighted by Gasteiger charge is -2.37. The molecule has 0 amide bonds. The molecule has 0 saturated carbocycles. The van der Waals surface area contributed by atoms with Gasteiger partial charge in [0, 0.05) is 42.7 Å². The Hall–Kier alpha value is -2.48. The molecule has 0 radical (unpaired) electrons. The number of aliphatic hydroxyl groups excluding tert-OH is 1. The average molecular weight is 518 g/mol. The van der Waals surface area contributed by atoms with Crippen LogP contribution < -0.4 is 4.74 Å². The minimum absolute atomic E-state index is 0.0506. The zero-order valence-corrected chi connectivity index (χ0v) is 22.4. The molecule has 196 valence electrons. The number of rotatable bonds is 7. The first kappa shape index (κ1) is 28.1. The fraction of sp³-hybridized carbons (Fsp3) is 0.481. The predicted molar refractivity (Wildman–Crippen MR) is 139 cm³/mol. The standard InChI is InChI=1S/C27H36FN3O4S/c1-20-16-31(21(2)19-32)36(33,34)27-13-12-22(9-8-14-29(3)4)15-25(27)35-26(20)18-30(5)17-23-10-6-7-11-24(23)28/h6-7,10-13,15,20-21,26,32H,14,16-19H2,1-5H3/t20-,21+,26-/m0/s1. The second-order valence-corrected chi connectivity index (χ2v) is 11.6. The van der Waals surface area contributed by atoms with Gasteiger partial charge in [-0.3, -0.25) is 9.80 Å². The molecule has 1 aliphatic rings. The monoisotopic (exact) mass is 517 g/mol. The molecular formula is C27H36FN3O4S. The Morgan fingerprint density at radius 2 is 1.94 bits per heavy atom. The van der Waals surface area contributed by atoms with Crippen LogP contribution in [0, 0.1) is 23.6 Å². The number of nitrogens with zero attached hydrogens (tertiary/aromatic N) is 3. The Labute approximate surface area is 214 Å². The SMILES string of the molecule is C[C@H](CO)N1C[C@H](C)[C@H](CN(C)Cc2ccccc2F)Oc2cc(C#CCN(C)C)ccc2S1(=O)=O. The maximum Gasteiger partial charge on any atom is 0.247 e. The van der Waals surface area contributed by atoms with Crippen molar-refractivity contribution in [2.45, 2.75) is 37.4 Å². The molecule has 3 rings (SSSR count). The first-order valence-electron chi connectivity index (χ1n) is 12.0. The van der Waals surface area contributed by atoms with Crippen molar-refractivity contribution in [1.82, 2.24) is 14.1 Å². The molecule has 0 spiro atoms. The van der Waals surface area contributed by atoms with Crippen LogP contribution in [0.5, 0.6) is 5.75 Å². The van der Waals surface area contributed by atoms with Crippen LogP contribution in [0.4, 0.5) is 4.39 Å². The summed E-state index contributed by atoms with van der Waals surface area (Å²) in [6, 6.07) is 10.9. The number of fused-ring (bicyclic) bond motifs is 1. The third-order valence-corrected chi connectivity index (χ3v) is 8.20. The van der Waals surface area contributed by atoms with E-state index in [1.165, 1.54) is 16.4 Å². The van der Waals surface area contributed by atoms with Gasteiger partial charge in [-0.1, -0.05) is 37.0 Å². The fourth-order valence-electron chi connectivity index (χ4n) is 4.11. The molecule has 0 fully saturated rings. The second kappa shape index (κ2) is 12.2. The summed E-state index contributed by atoms with van der Waals surface area (Å²) in [7, 11) is 1.81. The van der Waals surface area contributed by atoms with Crippen LogP contribution in [0.15, 0.2) is 47.4 Å². The lowest BCUT2D eigenvalue weighted by atomic mass is 10.0. The fourth-order valence-corrected chi connectivity index (χ4v) is 5.94. The van der Waals surface area contributed by atoms with Gasteiger partial charge in [-0.25, -0.2) is 12.8 Å². The minimum Gasteiger partial charge on any atom is -0.487 e. The summed E-state index contributed by atoms with van der Waals surface area (Å²) < 4.78 is 49.1. The number of likely N-dealkylation sites (N-methyl/N-ethyl adjacent to an activating group) is 1. The van der Waals surface area contributed by atoms with Gasteiger partial charge in [0.25, 0.3) is 0 Å². The first-order chi connectivity index (χ1) is 17.0. The number of hydrogen-bond acceptors (Lipinski definition) is 6. The Kier molecular flexibility index (Phi) is 9.50. The third kappa shape index (κ3) is 6.84. The highest BCUT2D eigenvalue weighted by molar-refractivity contribution is 7.89. The van der Waals surface area contributed by atoms with Gasteiger partial charge < -0.3 is 9.84 Å². The van der Waals surface area contributed by atoms with Crippen LogP contribution in [-0.4, -0.2) is 87.2 Å². The second-order valence-electron chi connectivity index (χ2n) is 9.73. The molecule has 0 aromatic heterocycles. The summed E-state index contributed by atoms with van der Waals surface area (Å²) in [5.74, 6) is 5.90. The van der Waals surface area contributed by atoms with Crippen LogP contribution in [0.3, 0.4) is 0 Å². The number of halogens is 1. The molecule has 0 unspecified atom stereocenters. The van der Waals surface area contributed by atoms with Gasteiger partial charge in [0.15, 0.2) is 0 Å². The van der Waals surface area contributed by atoms with Crippen molar-refractivity contribution in [2.24, 2.45) is 5.92 Å². The molecule has 3 atom stereocenters. The van der Waals surface area contributed by atoms with Crippen molar-refractivity contribution < 1.29 is 22.7 Å². The van der Waals surface area contributed by atoms with Gasteiger partial charge in [-0.05, 0) is 52.3 Å². The van der Waals surface area contributed by atoms with Crippen molar-refractivity contribution in [3.63, 3.8) is 0 Å². The molecule has 1 heterocycles. The van der Waals surface area contributed by atoms with Crippen molar-refractivity contribution >= 4 is 10.0 Å². The molecule has 9 heteroatoms. The van der Waals surface area contributed by atoms with E-state index in [1.54, 1.807) is 37.3 Å². The molecule has 7 nitrogen and oxygen atoms in total. The van der Waals surface area contributed by atoms with E-state index >= 15 is 0 Å². The van der Waals surface area contributed by atoms with Crippen molar-refractivity contribution in [2.75, 3.05) is 47.4 Å². The first-order valence-corrected chi connectivity index (χ1v) is 13.5. The maximum atomic E-state index is 14.2. The average Bonchev–Trinajstić information content (AvgIpc) is 2.82. The predicted octanol–water partition coefficient (Wildman–Crippen LogP) is 2.64. The maximum absolute atomic E-state index is 14.2. The smallest absolute Gasteiger partial charge is 0.247 e. The Morgan fingerprint density at radius 1 is 1.22 bits per heavy atom. The normalized spacial score (nSPS) is 20.6. The zero-order chi connectivity index (χ0) is 26.5. The van der Waals surface area contributed by atoms with Gasteiger partial charge in [0.2, 0.25) is 10.0 Å². The van der Waals surface area contributed by atoms with Crippen LogP contribution in [-0.2, 0) is 16.6 Å². The number of ether oxygens (including phenoxy) is 1. The lowest BCUT2D eigenvalue weighted by Crippen LogP contribution is -2.49. The molecule has 2 aromatic carbocycles. The molecular weight excluding hydrogens is 481 g/mol. The van der Waals surface area contributed by atoms with Crippen molar-refractivity contribution in [1.29, 1.82) is 0 Å². The molecule has 1 aliphatic heterocycles. The highest BCUT2D eigenvalue weighted by Crippen LogP contribution is 2.34. The quantitative estimate of drug-likeness (QED) is 0.570. The summed E-state index contributed by atoms with van der Waals surface area (Å²) in [4.78, 5) is 3.96. The lowest BCUT2D eigenvalue weighted by molar-refractivity contribution is 0.0731. The van der Waals surface area contributed by atoms with Gasteiger partial charge in [0.05, 0.1) is 13.2 Å². The van der Waals surface area contributed by atoms with Gasteiger partial charge in [-0.2, -0.15) is 4.31 Å². The number of benzene rings is 2. The largest absolute Gasteiger partial charge is 0.487 e. The van der Waals surface area contributed by atoms with E-state index in [0.717, 1.165) is 0 Å². The molecule has 0 bridgehead atoms. The highest BCUT2D eigenvalue weighted by Gasteiger charge is 2.38. The Bertz CT molecular complexity index is 1210. The molecule has 0 aliphatic carbocycles. The highest BCUT2D eigenvalue weighted by atomic mass is 32.2. The van der Waals surface area contributed by atoms with Crippen LogP contribution >= 0.6 is 0 Å². The van der Waals surface area contributed by atoms with E-state index < -0.39 is 16.1 Å². The van der Waals surface area contributed by atoms with Crippen LogP contribution in [0.1, 0.15) is 25.0 Å². The van der Waals surface area contributed by atoms with E-state index in [2.05, 4.69) is 11.8 Å². The van der Waals surface area contributed by atoms with Gasteiger partial charge >= 0.3 is 0 Å². The minimum atomic E-state index is -3.91. The van der Waals surface area contributed by atoms with Gasteiger partial charge in [0.1, 0.15) is 22.6 Å². The van der Waals surface area contributed by atoms with Crippen LogP contribution in [0.2, 0.25) is 0 Å². The van der Waals surface area contributed by atoms with Crippen molar-refractivity contribution in [3.05, 3.63) is 59.4 Å². The number of aliphatic hydroxyl groups is 1.